The summed E-state index contributed by atoms with van der Waals surface area (Å²) >= 11 is 0. The lowest BCUT2D eigenvalue weighted by atomic mass is 9.43. The number of hydrogen-bond acceptors (Lipinski definition) is 6. The first-order valence-corrected chi connectivity index (χ1v) is 13.1. The van der Waals surface area contributed by atoms with E-state index < -0.39 is 30.7 Å². The quantitative estimate of drug-likeness (QED) is 0.252. The largest absolute Gasteiger partial charge is 0.388 e. The Morgan fingerprint density at radius 2 is 1.73 bits per heavy atom. The lowest BCUT2D eigenvalue weighted by Crippen LogP contribution is -2.61. The van der Waals surface area contributed by atoms with Crippen molar-refractivity contribution in [2.24, 2.45) is 33.7 Å². The number of fused-ring (bicyclic) bond motifs is 5. The molecule has 33 heavy (non-hydrogen) atoms. The maximum absolute atomic E-state index is 10.4. The Hall–Kier alpha value is -0.890. The van der Waals surface area contributed by atoms with Gasteiger partial charge in [0.1, 0.15) is 18.3 Å². The maximum Gasteiger partial charge on any atom is 0.186 e. The standard InChI is InChI=1S/C25H41N3O5/c1-14-19(29)20(30)21(31)22(32-14)33-16-7-12-24(3)15(13-16)5-6-18-17(24)8-11-23(2)9-4-10-25(18,23)27-28-26/h14-22,29-31H,4-13H2,1-3H3/t14-,15+,16-,17-,18+,19-,20+,21+,22-,23-,24-,25-/m0/s1. The molecule has 5 rings (SSSR count). The van der Waals surface area contributed by atoms with E-state index in [4.69, 9.17) is 9.47 Å². The summed E-state index contributed by atoms with van der Waals surface area (Å²) in [6, 6.07) is 0. The van der Waals surface area contributed by atoms with Gasteiger partial charge in [0.05, 0.1) is 17.7 Å². The van der Waals surface area contributed by atoms with Gasteiger partial charge in [0.15, 0.2) is 6.29 Å². The van der Waals surface area contributed by atoms with Crippen LogP contribution in [-0.2, 0) is 9.47 Å². The summed E-state index contributed by atoms with van der Waals surface area (Å²) in [4.78, 5) is 3.39. The lowest BCUT2D eigenvalue weighted by Gasteiger charge is -2.63. The minimum absolute atomic E-state index is 0.0275. The zero-order valence-electron chi connectivity index (χ0n) is 20.3. The van der Waals surface area contributed by atoms with Crippen molar-refractivity contribution in [2.75, 3.05) is 0 Å². The van der Waals surface area contributed by atoms with Gasteiger partial charge in [-0.15, -0.1) is 0 Å². The normalized spacial score (nSPS) is 56.2. The molecule has 1 aliphatic heterocycles. The van der Waals surface area contributed by atoms with Crippen molar-refractivity contribution in [3.63, 3.8) is 0 Å². The van der Waals surface area contributed by atoms with Gasteiger partial charge in [0.25, 0.3) is 0 Å². The third-order valence-electron chi connectivity index (χ3n) is 11.0. The minimum atomic E-state index is -1.26. The molecule has 0 spiro atoms. The fourth-order valence-electron chi connectivity index (χ4n) is 8.94. The number of hydrogen-bond donors (Lipinski definition) is 3. The molecule has 12 atom stereocenters. The highest BCUT2D eigenvalue weighted by atomic mass is 16.7. The van der Waals surface area contributed by atoms with E-state index in [-0.39, 0.29) is 22.5 Å². The van der Waals surface area contributed by atoms with E-state index in [1.165, 1.54) is 12.8 Å². The fourth-order valence-corrected chi connectivity index (χ4v) is 8.94. The molecule has 0 aromatic rings. The Kier molecular flexibility index (Phi) is 6.03. The van der Waals surface area contributed by atoms with Gasteiger partial charge in [-0.1, -0.05) is 25.4 Å². The van der Waals surface area contributed by atoms with Crippen LogP contribution in [0.1, 0.15) is 85.0 Å². The molecule has 1 saturated heterocycles. The highest BCUT2D eigenvalue weighted by Gasteiger charge is 2.65. The van der Waals surface area contributed by atoms with Gasteiger partial charge in [-0.3, -0.25) is 0 Å². The molecule has 0 bridgehead atoms. The Bertz CT molecular complexity index is 807. The summed E-state index contributed by atoms with van der Waals surface area (Å²) in [5, 5.41) is 35.1. The molecule has 0 amide bonds. The van der Waals surface area contributed by atoms with Crippen LogP contribution in [0.15, 0.2) is 5.11 Å². The Morgan fingerprint density at radius 1 is 0.939 bits per heavy atom. The fraction of sp³-hybridized carbons (Fsp3) is 1.00. The maximum atomic E-state index is 10.4. The van der Waals surface area contributed by atoms with Crippen molar-refractivity contribution in [3.8, 4) is 0 Å². The zero-order chi connectivity index (χ0) is 23.6. The molecule has 8 nitrogen and oxygen atoms in total. The second-order valence-corrected chi connectivity index (χ2v) is 12.3. The number of aliphatic hydroxyl groups is 3. The molecule has 3 N–H and O–H groups in total. The van der Waals surface area contributed by atoms with E-state index in [1.807, 2.05) is 0 Å². The van der Waals surface area contributed by atoms with Crippen LogP contribution in [0.25, 0.3) is 10.4 Å². The molecule has 5 aliphatic rings. The Morgan fingerprint density at radius 3 is 2.48 bits per heavy atom. The summed E-state index contributed by atoms with van der Waals surface area (Å²) in [6.07, 6.45) is 5.68. The average Bonchev–Trinajstić information content (AvgIpc) is 3.13. The van der Waals surface area contributed by atoms with Gasteiger partial charge < -0.3 is 24.8 Å². The second kappa shape index (κ2) is 8.35. The number of rotatable bonds is 3. The molecule has 0 radical (unpaired) electrons. The summed E-state index contributed by atoms with van der Waals surface area (Å²) in [7, 11) is 0. The van der Waals surface area contributed by atoms with E-state index in [0.29, 0.717) is 17.8 Å². The predicted molar refractivity (Wildman–Crippen MR) is 122 cm³/mol. The van der Waals surface area contributed by atoms with Crippen molar-refractivity contribution in [2.45, 2.75) is 127 Å². The van der Waals surface area contributed by atoms with Gasteiger partial charge in [0, 0.05) is 4.91 Å². The first-order chi connectivity index (χ1) is 15.6. The van der Waals surface area contributed by atoms with Crippen molar-refractivity contribution in [1.82, 2.24) is 0 Å². The number of azide groups is 1. The first kappa shape index (κ1) is 23.8. The second-order valence-electron chi connectivity index (χ2n) is 12.3. The van der Waals surface area contributed by atoms with Crippen molar-refractivity contribution >= 4 is 0 Å². The summed E-state index contributed by atoms with van der Waals surface area (Å²) in [5.41, 5.74) is 9.63. The van der Waals surface area contributed by atoms with Crippen molar-refractivity contribution in [3.05, 3.63) is 10.4 Å². The molecule has 0 aromatic carbocycles. The van der Waals surface area contributed by atoms with E-state index in [1.54, 1.807) is 6.92 Å². The van der Waals surface area contributed by atoms with Crippen LogP contribution in [0.3, 0.4) is 0 Å². The molecular weight excluding hydrogens is 422 g/mol. The van der Waals surface area contributed by atoms with Crippen molar-refractivity contribution in [1.29, 1.82) is 0 Å². The van der Waals surface area contributed by atoms with Gasteiger partial charge in [-0.2, -0.15) is 0 Å². The minimum Gasteiger partial charge on any atom is -0.388 e. The molecule has 8 heteroatoms. The highest BCUT2D eigenvalue weighted by molar-refractivity contribution is 5.18. The van der Waals surface area contributed by atoms with Crippen LogP contribution in [0.5, 0.6) is 0 Å². The monoisotopic (exact) mass is 463 g/mol. The molecule has 4 aliphatic carbocycles. The van der Waals surface area contributed by atoms with Crippen LogP contribution < -0.4 is 0 Å². The van der Waals surface area contributed by atoms with Gasteiger partial charge in [-0.05, 0) is 98.8 Å². The number of aliphatic hydroxyl groups excluding tert-OH is 3. The molecular formula is C25H41N3O5. The van der Waals surface area contributed by atoms with Gasteiger partial charge in [-0.25, -0.2) is 0 Å². The lowest BCUT2D eigenvalue weighted by molar-refractivity contribution is -0.309. The topological polar surface area (TPSA) is 128 Å². The highest BCUT2D eigenvalue weighted by Crippen LogP contribution is 2.69. The third kappa shape index (κ3) is 3.47. The summed E-state index contributed by atoms with van der Waals surface area (Å²) in [5.74, 6) is 1.57. The molecule has 0 unspecified atom stereocenters. The van der Waals surface area contributed by atoms with E-state index in [9.17, 15) is 20.9 Å². The zero-order valence-corrected chi connectivity index (χ0v) is 20.3. The average molecular weight is 464 g/mol. The Balaban J connectivity index is 1.31. The van der Waals surface area contributed by atoms with Gasteiger partial charge >= 0.3 is 0 Å². The summed E-state index contributed by atoms with van der Waals surface area (Å²) < 4.78 is 11.9. The smallest absolute Gasteiger partial charge is 0.186 e. The third-order valence-corrected chi connectivity index (χ3v) is 11.0. The van der Waals surface area contributed by atoms with Crippen LogP contribution >= 0.6 is 0 Å². The molecule has 1 heterocycles. The van der Waals surface area contributed by atoms with E-state index >= 15 is 0 Å². The van der Waals surface area contributed by atoms with Crippen LogP contribution in [0, 0.1) is 28.6 Å². The predicted octanol–water partition coefficient (Wildman–Crippen LogP) is 4.06. The molecule has 0 aromatic heterocycles. The van der Waals surface area contributed by atoms with Crippen LogP contribution in [0.4, 0.5) is 0 Å². The molecule has 4 saturated carbocycles. The van der Waals surface area contributed by atoms with Crippen LogP contribution in [-0.4, -0.2) is 57.7 Å². The number of nitrogens with zero attached hydrogens (tertiary/aromatic N) is 3. The van der Waals surface area contributed by atoms with E-state index in [2.05, 4.69) is 23.9 Å². The van der Waals surface area contributed by atoms with Gasteiger partial charge in [0.2, 0.25) is 0 Å². The SMILES string of the molecule is C[C@@H]1O[C@@H](O[C@H]2CC[C@@]3(C)[C@H](CC[C@@H]4[C@@H]3CC[C@]3(C)CCC[C@]43N=[N+]=[N-])C2)[C@H](O)[C@H](O)[C@H]1O. The Labute approximate surface area is 196 Å². The number of ether oxygens (including phenoxy) is 2. The van der Waals surface area contributed by atoms with Crippen molar-refractivity contribution < 1.29 is 24.8 Å². The molecule has 186 valence electrons. The molecule has 5 fully saturated rings. The summed E-state index contributed by atoms with van der Waals surface area (Å²) in [6.45, 7) is 6.51. The van der Waals surface area contributed by atoms with E-state index in [0.717, 1.165) is 51.4 Å². The first-order valence-electron chi connectivity index (χ1n) is 13.1. The van der Waals surface area contributed by atoms with Crippen LogP contribution in [0.2, 0.25) is 0 Å².